The number of nitrogens with one attached hydrogen (secondary N) is 1. The summed E-state index contributed by atoms with van der Waals surface area (Å²) in [5.41, 5.74) is 2.14. The summed E-state index contributed by atoms with van der Waals surface area (Å²) in [4.78, 5) is 4.37. The van der Waals surface area contributed by atoms with Gasteiger partial charge >= 0.3 is 0 Å². The number of rotatable bonds is 5. The van der Waals surface area contributed by atoms with E-state index in [1.807, 2.05) is 31.6 Å². The number of hydrogen-bond acceptors (Lipinski definition) is 4. The average molecular weight is 262 g/mol. The molecule has 0 aromatic carbocycles. The molecular weight excluding hydrogens is 240 g/mol. The molecule has 0 amide bonds. The monoisotopic (exact) mass is 262 g/mol. The number of aromatic nitrogens is 3. The van der Waals surface area contributed by atoms with Crippen molar-refractivity contribution in [3.63, 3.8) is 0 Å². The lowest BCUT2D eigenvalue weighted by atomic mass is 10.2. The largest absolute Gasteiger partial charge is 0.444 e. The molecule has 0 aliphatic heterocycles. The first-order valence-corrected chi connectivity index (χ1v) is 6.64. The molecule has 0 aliphatic carbocycles. The van der Waals surface area contributed by atoms with Crippen LogP contribution in [0.15, 0.2) is 16.8 Å². The minimum Gasteiger partial charge on any atom is -0.444 e. The molecular formula is C14H22N4O. The number of aryl methyl sites for hydroxylation is 3. The van der Waals surface area contributed by atoms with Gasteiger partial charge in [-0.05, 0) is 40.2 Å². The van der Waals surface area contributed by atoms with Crippen molar-refractivity contribution >= 4 is 0 Å². The molecule has 5 nitrogen and oxygen atoms in total. The molecule has 0 radical (unpaired) electrons. The number of hydrogen-bond donors (Lipinski definition) is 1. The van der Waals surface area contributed by atoms with Crippen molar-refractivity contribution in [2.45, 2.75) is 53.2 Å². The Balaban J connectivity index is 1.92. The van der Waals surface area contributed by atoms with Gasteiger partial charge in [0.15, 0.2) is 0 Å². The van der Waals surface area contributed by atoms with E-state index in [1.165, 1.54) is 5.56 Å². The third-order valence-corrected chi connectivity index (χ3v) is 3.52. The summed E-state index contributed by atoms with van der Waals surface area (Å²) in [6.07, 6.45) is 3.94. The molecule has 0 fully saturated rings. The molecule has 0 aliphatic rings. The van der Waals surface area contributed by atoms with Crippen molar-refractivity contribution in [3.8, 4) is 0 Å². The topological polar surface area (TPSA) is 55.9 Å². The zero-order chi connectivity index (χ0) is 14.0. The van der Waals surface area contributed by atoms with Gasteiger partial charge in [0.05, 0.1) is 24.5 Å². The Morgan fingerprint density at radius 1 is 1.32 bits per heavy atom. The van der Waals surface area contributed by atoms with Gasteiger partial charge in [0.1, 0.15) is 5.76 Å². The molecule has 2 aromatic rings. The highest BCUT2D eigenvalue weighted by Gasteiger charge is 2.15. The summed E-state index contributed by atoms with van der Waals surface area (Å²) in [7, 11) is 0. The Morgan fingerprint density at radius 3 is 2.58 bits per heavy atom. The first-order chi connectivity index (χ1) is 8.97. The zero-order valence-electron chi connectivity index (χ0n) is 12.3. The first kappa shape index (κ1) is 13.8. The summed E-state index contributed by atoms with van der Waals surface area (Å²) in [5, 5.41) is 7.78. The van der Waals surface area contributed by atoms with Gasteiger partial charge in [-0.1, -0.05) is 0 Å². The molecule has 0 unspecified atom stereocenters. The third kappa shape index (κ3) is 3.23. The molecule has 0 saturated heterocycles. The lowest BCUT2D eigenvalue weighted by Crippen LogP contribution is -2.33. The average Bonchev–Trinajstić information content (AvgIpc) is 2.93. The molecule has 2 heterocycles. The van der Waals surface area contributed by atoms with Crippen LogP contribution in [0.3, 0.4) is 0 Å². The van der Waals surface area contributed by atoms with Gasteiger partial charge in [0.2, 0.25) is 5.89 Å². The maximum absolute atomic E-state index is 5.56. The van der Waals surface area contributed by atoms with E-state index in [2.05, 4.69) is 35.4 Å². The second-order valence-electron chi connectivity index (χ2n) is 5.16. The van der Waals surface area contributed by atoms with Crippen molar-refractivity contribution in [1.82, 2.24) is 20.1 Å². The Morgan fingerprint density at radius 2 is 2.05 bits per heavy atom. The second kappa shape index (κ2) is 5.57. The van der Waals surface area contributed by atoms with E-state index < -0.39 is 0 Å². The third-order valence-electron chi connectivity index (χ3n) is 3.52. The SMILES string of the molecule is Cc1cnn([C@@H](C)[C@H](C)NCc2nc(C)c(C)o2)c1. The van der Waals surface area contributed by atoms with Crippen LogP contribution in [0.2, 0.25) is 0 Å². The van der Waals surface area contributed by atoms with Gasteiger partial charge in [-0.15, -0.1) is 0 Å². The van der Waals surface area contributed by atoms with Crippen LogP contribution >= 0.6 is 0 Å². The fourth-order valence-electron chi connectivity index (χ4n) is 1.92. The van der Waals surface area contributed by atoms with E-state index in [9.17, 15) is 0 Å². The van der Waals surface area contributed by atoms with Gasteiger partial charge in [-0.2, -0.15) is 5.10 Å². The summed E-state index contributed by atoms with van der Waals surface area (Å²) in [6.45, 7) is 10.9. The van der Waals surface area contributed by atoms with Crippen molar-refractivity contribution in [3.05, 3.63) is 35.3 Å². The van der Waals surface area contributed by atoms with Crippen LogP contribution in [0, 0.1) is 20.8 Å². The Labute approximate surface area is 114 Å². The van der Waals surface area contributed by atoms with Crippen molar-refractivity contribution < 1.29 is 4.42 Å². The molecule has 2 aromatic heterocycles. The summed E-state index contributed by atoms with van der Waals surface area (Å²) in [6, 6.07) is 0.567. The molecule has 0 bridgehead atoms. The first-order valence-electron chi connectivity index (χ1n) is 6.64. The van der Waals surface area contributed by atoms with Gasteiger partial charge < -0.3 is 9.73 Å². The number of oxazole rings is 1. The highest BCUT2D eigenvalue weighted by molar-refractivity contribution is 5.05. The molecule has 19 heavy (non-hydrogen) atoms. The standard InChI is InChI=1S/C14H22N4O/c1-9-6-16-18(8-9)12(4)10(2)15-7-14-17-11(3)13(5)19-14/h6,8,10,12,15H,7H2,1-5H3/t10-,12-/m0/s1. The number of nitrogens with zero attached hydrogens (tertiary/aromatic N) is 3. The van der Waals surface area contributed by atoms with E-state index in [4.69, 9.17) is 4.42 Å². The van der Waals surface area contributed by atoms with Crippen LogP contribution in [0.5, 0.6) is 0 Å². The Kier molecular flexibility index (Phi) is 4.04. The molecule has 2 rings (SSSR count). The van der Waals surface area contributed by atoms with Crippen molar-refractivity contribution in [2.24, 2.45) is 0 Å². The minimum atomic E-state index is 0.283. The maximum atomic E-state index is 5.56. The highest BCUT2D eigenvalue weighted by atomic mass is 16.4. The van der Waals surface area contributed by atoms with Crippen LogP contribution < -0.4 is 5.32 Å². The fraction of sp³-hybridized carbons (Fsp3) is 0.571. The molecule has 5 heteroatoms. The van der Waals surface area contributed by atoms with Gasteiger partial charge in [-0.3, -0.25) is 4.68 Å². The predicted octanol–water partition coefficient (Wildman–Crippen LogP) is 2.54. The summed E-state index contributed by atoms with van der Waals surface area (Å²) >= 11 is 0. The van der Waals surface area contributed by atoms with E-state index in [0.717, 1.165) is 17.3 Å². The summed E-state index contributed by atoms with van der Waals surface area (Å²) < 4.78 is 7.54. The van der Waals surface area contributed by atoms with Gasteiger partial charge in [0, 0.05) is 12.2 Å². The fourth-order valence-corrected chi connectivity index (χ4v) is 1.92. The molecule has 1 N–H and O–H groups in total. The molecule has 104 valence electrons. The molecule has 2 atom stereocenters. The van der Waals surface area contributed by atoms with Crippen molar-refractivity contribution in [2.75, 3.05) is 0 Å². The predicted molar refractivity (Wildman–Crippen MR) is 74.0 cm³/mol. The molecule has 0 spiro atoms. The maximum Gasteiger partial charge on any atom is 0.208 e. The Hall–Kier alpha value is -1.62. The van der Waals surface area contributed by atoms with Crippen LogP contribution in [-0.4, -0.2) is 20.8 Å². The quantitative estimate of drug-likeness (QED) is 0.899. The van der Waals surface area contributed by atoms with E-state index >= 15 is 0 Å². The van der Waals surface area contributed by atoms with E-state index in [-0.39, 0.29) is 12.1 Å². The van der Waals surface area contributed by atoms with E-state index in [0.29, 0.717) is 6.54 Å². The second-order valence-corrected chi connectivity index (χ2v) is 5.16. The highest BCUT2D eigenvalue weighted by Crippen LogP contribution is 2.12. The Bertz CT molecular complexity index is 524. The van der Waals surface area contributed by atoms with Gasteiger partial charge in [-0.25, -0.2) is 4.98 Å². The zero-order valence-corrected chi connectivity index (χ0v) is 12.3. The smallest absolute Gasteiger partial charge is 0.208 e. The van der Waals surface area contributed by atoms with Crippen molar-refractivity contribution in [1.29, 1.82) is 0 Å². The molecule has 0 saturated carbocycles. The van der Waals surface area contributed by atoms with Crippen LogP contribution in [-0.2, 0) is 6.54 Å². The van der Waals surface area contributed by atoms with Crippen LogP contribution in [0.25, 0.3) is 0 Å². The lowest BCUT2D eigenvalue weighted by molar-refractivity contribution is 0.345. The van der Waals surface area contributed by atoms with Crippen LogP contribution in [0.1, 0.15) is 42.8 Å². The summed E-state index contributed by atoms with van der Waals surface area (Å²) in [5.74, 6) is 1.63. The van der Waals surface area contributed by atoms with Gasteiger partial charge in [0.25, 0.3) is 0 Å². The minimum absolute atomic E-state index is 0.283. The van der Waals surface area contributed by atoms with E-state index in [1.54, 1.807) is 0 Å². The lowest BCUT2D eigenvalue weighted by Gasteiger charge is -2.21. The van der Waals surface area contributed by atoms with Crippen LogP contribution in [0.4, 0.5) is 0 Å². The normalized spacial score (nSPS) is 14.6.